The van der Waals surface area contributed by atoms with E-state index in [1.54, 1.807) is 0 Å². The van der Waals surface area contributed by atoms with Gasteiger partial charge in [0.2, 0.25) is 11.7 Å². The minimum absolute atomic E-state index is 0.471. The topological polar surface area (TPSA) is 78.9 Å². The Bertz CT molecular complexity index is 1130. The molecule has 0 radical (unpaired) electrons. The van der Waals surface area contributed by atoms with Gasteiger partial charge in [-0.05, 0) is 31.2 Å². The molecule has 9 heteroatoms. The molecule has 0 N–H and O–H groups in total. The minimum atomic E-state index is 0.471. The lowest BCUT2D eigenvalue weighted by Crippen LogP contribution is -1.96. The van der Waals surface area contributed by atoms with Crippen LogP contribution in [0.2, 0.25) is 5.02 Å². The van der Waals surface area contributed by atoms with Crippen LogP contribution in [0.5, 0.6) is 5.75 Å². The monoisotopic (exact) mass is 427 g/mol. The Labute approximate surface area is 177 Å². The van der Waals surface area contributed by atoms with Crippen molar-refractivity contribution >= 4 is 23.4 Å². The van der Waals surface area contributed by atoms with Crippen LogP contribution < -0.4 is 4.74 Å². The Morgan fingerprint density at radius 3 is 2.62 bits per heavy atom. The molecule has 4 aromatic rings. The average Bonchev–Trinajstić information content (AvgIpc) is 3.34. The summed E-state index contributed by atoms with van der Waals surface area (Å²) in [6.07, 6.45) is 0. The summed E-state index contributed by atoms with van der Waals surface area (Å²) in [6.45, 7) is 2.50. The smallest absolute Gasteiger partial charge is 0.237 e. The van der Waals surface area contributed by atoms with E-state index in [0.29, 0.717) is 34.9 Å². The second-order valence-corrected chi connectivity index (χ2v) is 7.42. The normalized spacial score (nSPS) is 11.0. The zero-order valence-corrected chi connectivity index (χ0v) is 17.4. The van der Waals surface area contributed by atoms with E-state index in [2.05, 4.69) is 20.3 Å². The molecule has 2 aromatic heterocycles. The predicted molar refractivity (Wildman–Crippen MR) is 112 cm³/mol. The van der Waals surface area contributed by atoms with Crippen LogP contribution in [0, 0.1) is 0 Å². The molecule has 0 atom stereocenters. The van der Waals surface area contributed by atoms with Crippen LogP contribution in [-0.4, -0.2) is 31.5 Å². The Morgan fingerprint density at radius 1 is 1.07 bits per heavy atom. The van der Waals surface area contributed by atoms with Gasteiger partial charge in [0.15, 0.2) is 11.0 Å². The van der Waals surface area contributed by atoms with Gasteiger partial charge in [-0.1, -0.05) is 52.8 Å². The van der Waals surface area contributed by atoms with E-state index in [1.165, 1.54) is 11.8 Å². The Kier molecular flexibility index (Phi) is 5.82. The van der Waals surface area contributed by atoms with Crippen molar-refractivity contribution in [1.29, 1.82) is 0 Å². The third-order valence-electron chi connectivity index (χ3n) is 4.17. The van der Waals surface area contributed by atoms with E-state index >= 15 is 0 Å². The number of rotatable bonds is 7. The van der Waals surface area contributed by atoms with Gasteiger partial charge in [-0.25, -0.2) is 0 Å². The van der Waals surface area contributed by atoms with Crippen molar-refractivity contribution < 1.29 is 9.26 Å². The number of hydrogen-bond acceptors (Lipinski definition) is 7. The molecule has 4 rings (SSSR count). The summed E-state index contributed by atoms with van der Waals surface area (Å²) in [7, 11) is 1.90. The average molecular weight is 428 g/mol. The van der Waals surface area contributed by atoms with Crippen LogP contribution in [0.25, 0.3) is 22.8 Å². The molecule has 148 valence electrons. The lowest BCUT2D eigenvalue weighted by atomic mass is 10.2. The van der Waals surface area contributed by atoms with E-state index in [9.17, 15) is 0 Å². The molecule has 29 heavy (non-hydrogen) atoms. The lowest BCUT2D eigenvalue weighted by molar-refractivity contribution is 0.341. The third-order valence-corrected chi connectivity index (χ3v) is 5.50. The summed E-state index contributed by atoms with van der Waals surface area (Å²) in [5, 5.41) is 14.0. The first-order valence-corrected chi connectivity index (χ1v) is 10.4. The van der Waals surface area contributed by atoms with Gasteiger partial charge >= 0.3 is 0 Å². The number of benzene rings is 2. The third kappa shape index (κ3) is 4.13. The summed E-state index contributed by atoms with van der Waals surface area (Å²) in [4.78, 5) is 4.49. The van der Waals surface area contributed by atoms with Crippen molar-refractivity contribution in [2.45, 2.75) is 17.8 Å². The maximum absolute atomic E-state index is 6.28. The Balaban J connectivity index is 1.50. The van der Waals surface area contributed by atoms with Crippen molar-refractivity contribution in [3.05, 3.63) is 59.4 Å². The molecule has 0 spiro atoms. The highest BCUT2D eigenvalue weighted by Gasteiger charge is 2.17. The van der Waals surface area contributed by atoms with Crippen molar-refractivity contribution in [1.82, 2.24) is 24.9 Å². The van der Waals surface area contributed by atoms with Gasteiger partial charge in [-0.15, -0.1) is 10.2 Å². The highest BCUT2D eigenvalue weighted by molar-refractivity contribution is 7.98. The second-order valence-electron chi connectivity index (χ2n) is 6.07. The number of hydrogen-bond donors (Lipinski definition) is 0. The summed E-state index contributed by atoms with van der Waals surface area (Å²) in [6, 6.07) is 15.2. The standard InChI is InChI=1S/C20H18ClN5O2S/c1-3-27-16-11-7-5-9-14(16)18-22-17(28-25-18)12-29-20-24-23-19(26(20)2)13-8-4-6-10-15(13)21/h4-11H,3,12H2,1-2H3. The van der Waals surface area contributed by atoms with Gasteiger partial charge in [0.1, 0.15) is 5.75 Å². The molecule has 0 bridgehead atoms. The van der Waals surface area contributed by atoms with Crippen LogP contribution in [0.3, 0.4) is 0 Å². The maximum atomic E-state index is 6.28. The molecule has 0 unspecified atom stereocenters. The fourth-order valence-electron chi connectivity index (χ4n) is 2.80. The predicted octanol–water partition coefficient (Wildman–Crippen LogP) is 4.88. The Hall–Kier alpha value is -2.84. The van der Waals surface area contributed by atoms with Gasteiger partial charge in [0, 0.05) is 12.6 Å². The maximum Gasteiger partial charge on any atom is 0.237 e. The molecule has 2 aromatic carbocycles. The fourth-order valence-corrected chi connectivity index (χ4v) is 3.77. The van der Waals surface area contributed by atoms with Gasteiger partial charge in [0.05, 0.1) is 22.9 Å². The molecule has 7 nitrogen and oxygen atoms in total. The van der Waals surface area contributed by atoms with E-state index in [0.717, 1.165) is 22.0 Å². The SMILES string of the molecule is CCOc1ccccc1-c1noc(CSc2nnc(-c3ccccc3Cl)n2C)n1. The summed E-state index contributed by atoms with van der Waals surface area (Å²) in [5.41, 5.74) is 1.64. The number of nitrogens with zero attached hydrogens (tertiary/aromatic N) is 5. The van der Waals surface area contributed by atoms with E-state index < -0.39 is 0 Å². The minimum Gasteiger partial charge on any atom is -0.493 e. The first-order valence-electron chi connectivity index (χ1n) is 8.99. The quantitative estimate of drug-likeness (QED) is 0.389. The molecular weight excluding hydrogens is 410 g/mol. The molecule has 0 aliphatic carbocycles. The van der Waals surface area contributed by atoms with E-state index in [4.69, 9.17) is 20.9 Å². The number of aromatic nitrogens is 5. The highest BCUT2D eigenvalue weighted by atomic mass is 35.5. The number of thioether (sulfide) groups is 1. The molecule has 0 saturated heterocycles. The first kappa shape index (κ1) is 19.5. The van der Waals surface area contributed by atoms with Crippen LogP contribution in [0.1, 0.15) is 12.8 Å². The van der Waals surface area contributed by atoms with Gasteiger partial charge in [-0.2, -0.15) is 4.98 Å². The van der Waals surface area contributed by atoms with Crippen LogP contribution in [0.4, 0.5) is 0 Å². The molecule has 0 amide bonds. The molecule has 0 fully saturated rings. The summed E-state index contributed by atoms with van der Waals surface area (Å²) < 4.78 is 12.9. The van der Waals surface area contributed by atoms with E-state index in [-0.39, 0.29) is 0 Å². The van der Waals surface area contributed by atoms with Crippen LogP contribution >= 0.6 is 23.4 Å². The number of para-hydroxylation sites is 1. The van der Waals surface area contributed by atoms with Crippen molar-refractivity contribution in [2.24, 2.45) is 7.05 Å². The lowest BCUT2D eigenvalue weighted by Gasteiger charge is -2.06. The molecule has 0 aliphatic rings. The zero-order chi connectivity index (χ0) is 20.2. The van der Waals surface area contributed by atoms with Crippen LogP contribution in [0.15, 0.2) is 58.2 Å². The molecular formula is C20H18ClN5O2S. The zero-order valence-electron chi connectivity index (χ0n) is 15.9. The number of ether oxygens (including phenoxy) is 1. The molecule has 2 heterocycles. The van der Waals surface area contributed by atoms with Crippen molar-refractivity contribution in [3.63, 3.8) is 0 Å². The molecule has 0 saturated carbocycles. The first-order chi connectivity index (χ1) is 14.2. The number of halogens is 1. The van der Waals surface area contributed by atoms with Crippen LogP contribution in [-0.2, 0) is 12.8 Å². The Morgan fingerprint density at radius 2 is 1.83 bits per heavy atom. The fraction of sp³-hybridized carbons (Fsp3) is 0.200. The van der Waals surface area contributed by atoms with Crippen molar-refractivity contribution in [2.75, 3.05) is 6.61 Å². The van der Waals surface area contributed by atoms with Gasteiger partial charge in [-0.3, -0.25) is 0 Å². The second kappa shape index (κ2) is 8.67. The van der Waals surface area contributed by atoms with Gasteiger partial charge in [0.25, 0.3) is 0 Å². The van der Waals surface area contributed by atoms with Gasteiger partial charge < -0.3 is 13.8 Å². The molecule has 0 aliphatic heterocycles. The summed E-state index contributed by atoms with van der Waals surface area (Å²) >= 11 is 7.74. The summed E-state index contributed by atoms with van der Waals surface area (Å²) in [5.74, 6) is 2.90. The highest BCUT2D eigenvalue weighted by Crippen LogP contribution is 2.31. The van der Waals surface area contributed by atoms with E-state index in [1.807, 2.05) is 67.1 Å². The van der Waals surface area contributed by atoms with Crippen molar-refractivity contribution in [3.8, 4) is 28.5 Å². The largest absolute Gasteiger partial charge is 0.493 e.